The van der Waals surface area contributed by atoms with E-state index in [4.69, 9.17) is 0 Å². The van der Waals surface area contributed by atoms with Crippen molar-refractivity contribution in [3.05, 3.63) is 94.8 Å². The summed E-state index contributed by atoms with van der Waals surface area (Å²) in [7, 11) is 1.28. The van der Waals surface area contributed by atoms with Crippen molar-refractivity contribution < 1.29 is 23.5 Å². The molecule has 0 aromatic heterocycles. The lowest BCUT2D eigenvalue weighted by Gasteiger charge is -2.41. The van der Waals surface area contributed by atoms with Gasteiger partial charge in [0.1, 0.15) is 5.82 Å². The second kappa shape index (κ2) is 11.9. The van der Waals surface area contributed by atoms with Crippen molar-refractivity contribution in [1.29, 1.82) is 0 Å². The number of likely N-dealkylation sites (tertiary alicyclic amines) is 1. The van der Waals surface area contributed by atoms with Crippen molar-refractivity contribution in [2.24, 2.45) is 5.92 Å². The Kier molecular flexibility index (Phi) is 8.57. The molecule has 0 bridgehead atoms. The van der Waals surface area contributed by atoms with Gasteiger partial charge < -0.3 is 15.0 Å². The summed E-state index contributed by atoms with van der Waals surface area (Å²) < 4.78 is 19.6. The van der Waals surface area contributed by atoms with Crippen LogP contribution in [0.5, 0.6) is 0 Å². The summed E-state index contributed by atoms with van der Waals surface area (Å²) in [6.07, 6.45) is 0.544. The number of piperidine rings is 1. The molecule has 1 fully saturated rings. The maximum atomic E-state index is 14.9. The second-order valence-electron chi connectivity index (χ2n) is 11.2. The summed E-state index contributed by atoms with van der Waals surface area (Å²) in [5, 5.41) is 5.68. The van der Waals surface area contributed by atoms with Crippen LogP contribution in [0.25, 0.3) is 0 Å². The molecule has 1 aliphatic heterocycles. The van der Waals surface area contributed by atoms with Crippen LogP contribution in [0, 0.1) is 18.7 Å². The number of rotatable bonds is 5. The van der Waals surface area contributed by atoms with Crippen LogP contribution in [0.3, 0.4) is 0 Å². The van der Waals surface area contributed by atoms with Gasteiger partial charge in [-0.1, -0.05) is 57.2 Å². The lowest BCUT2D eigenvalue weighted by molar-refractivity contribution is -0.123. The van der Waals surface area contributed by atoms with Gasteiger partial charge in [-0.05, 0) is 72.2 Å². The molecule has 0 spiro atoms. The molecule has 3 aromatic rings. The zero-order valence-electron chi connectivity index (χ0n) is 23.6. The van der Waals surface area contributed by atoms with Crippen molar-refractivity contribution in [1.82, 2.24) is 4.90 Å². The third-order valence-electron chi connectivity index (χ3n) is 7.34. The van der Waals surface area contributed by atoms with Crippen LogP contribution in [0.15, 0.2) is 66.7 Å². The van der Waals surface area contributed by atoms with Crippen LogP contribution in [-0.4, -0.2) is 36.5 Å². The van der Waals surface area contributed by atoms with Crippen LogP contribution in [0.2, 0.25) is 0 Å². The van der Waals surface area contributed by atoms with E-state index in [1.165, 1.54) is 13.2 Å². The van der Waals surface area contributed by atoms with Gasteiger partial charge in [0.15, 0.2) is 0 Å². The number of carbonyl (C=O) groups excluding carboxylic acids is 3. The molecule has 1 aliphatic rings. The summed E-state index contributed by atoms with van der Waals surface area (Å²) in [5.74, 6) is -1.84. The molecular formula is C32H36FN3O4. The monoisotopic (exact) mass is 545 g/mol. The lowest BCUT2D eigenvalue weighted by Crippen LogP contribution is -2.46. The van der Waals surface area contributed by atoms with Gasteiger partial charge in [0, 0.05) is 17.9 Å². The van der Waals surface area contributed by atoms with Gasteiger partial charge in [0.05, 0.1) is 24.6 Å². The molecule has 2 atom stereocenters. The maximum absolute atomic E-state index is 14.9. The van der Waals surface area contributed by atoms with Crippen LogP contribution < -0.4 is 10.6 Å². The average molecular weight is 546 g/mol. The molecule has 0 aliphatic carbocycles. The van der Waals surface area contributed by atoms with E-state index in [0.717, 1.165) is 5.56 Å². The number of carbonyl (C=O) groups is 3. The molecule has 40 heavy (non-hydrogen) atoms. The number of aryl methyl sites for hydroxylation is 1. The Morgan fingerprint density at radius 1 is 0.950 bits per heavy atom. The van der Waals surface area contributed by atoms with Crippen molar-refractivity contribution in [2.75, 3.05) is 24.3 Å². The first-order chi connectivity index (χ1) is 19.0. The van der Waals surface area contributed by atoms with Crippen LogP contribution in [0.4, 0.5) is 20.6 Å². The molecule has 8 heteroatoms. The van der Waals surface area contributed by atoms with Crippen molar-refractivity contribution in [3.8, 4) is 0 Å². The fourth-order valence-corrected chi connectivity index (χ4v) is 5.19. The topological polar surface area (TPSA) is 87.7 Å². The molecule has 210 valence electrons. The molecule has 0 radical (unpaired) electrons. The Morgan fingerprint density at radius 2 is 1.65 bits per heavy atom. The Bertz CT molecular complexity index is 1380. The molecule has 2 unspecified atom stereocenters. The van der Waals surface area contributed by atoms with E-state index in [-0.39, 0.29) is 16.9 Å². The molecule has 1 heterocycles. The van der Waals surface area contributed by atoms with Gasteiger partial charge in [-0.15, -0.1) is 0 Å². The Hall–Kier alpha value is -4.20. The molecule has 1 saturated heterocycles. The highest BCUT2D eigenvalue weighted by Gasteiger charge is 2.40. The fourth-order valence-electron chi connectivity index (χ4n) is 5.19. The highest BCUT2D eigenvalue weighted by molar-refractivity contribution is 5.98. The number of nitrogens with one attached hydrogen (secondary N) is 2. The van der Waals surface area contributed by atoms with E-state index in [2.05, 4.69) is 36.1 Å². The standard InChI is InChI=1S/C32H36FN3O4/c1-20-9-6-13-26(33)27(20)30(38)36-18-8-12-25(28(36)21-14-16-23(17-15-21)35-31(39)40-5)29(37)34-24-11-7-10-22(19-24)32(2,3)4/h6-7,9-11,13-17,19,25,28H,8,12,18H2,1-5H3,(H,34,37)(H,35,39). The Balaban J connectivity index is 1.71. The van der Waals surface area contributed by atoms with E-state index in [0.29, 0.717) is 41.9 Å². The van der Waals surface area contributed by atoms with Gasteiger partial charge in [0.2, 0.25) is 5.91 Å². The zero-order valence-corrected chi connectivity index (χ0v) is 23.6. The number of hydrogen-bond acceptors (Lipinski definition) is 4. The van der Waals surface area contributed by atoms with Crippen LogP contribution in [0.1, 0.15) is 66.7 Å². The first-order valence-electron chi connectivity index (χ1n) is 13.4. The minimum atomic E-state index is -0.641. The van der Waals surface area contributed by atoms with E-state index in [1.807, 2.05) is 24.3 Å². The summed E-state index contributed by atoms with van der Waals surface area (Å²) in [4.78, 5) is 40.9. The predicted molar refractivity (Wildman–Crippen MR) is 154 cm³/mol. The van der Waals surface area contributed by atoms with Crippen molar-refractivity contribution in [2.45, 2.75) is 52.0 Å². The summed E-state index contributed by atoms with van der Waals surface area (Å²) in [6.45, 7) is 8.41. The number of benzene rings is 3. The zero-order chi connectivity index (χ0) is 29.0. The number of hydrogen-bond donors (Lipinski definition) is 2. The van der Waals surface area contributed by atoms with E-state index >= 15 is 0 Å². The predicted octanol–water partition coefficient (Wildman–Crippen LogP) is 6.84. The molecule has 3 aromatic carbocycles. The number of anilines is 2. The summed E-state index contributed by atoms with van der Waals surface area (Å²) in [5.41, 5.74) is 3.44. The second-order valence-corrected chi connectivity index (χ2v) is 11.2. The van der Waals surface area contributed by atoms with Crippen molar-refractivity contribution >= 4 is 29.3 Å². The minimum Gasteiger partial charge on any atom is -0.453 e. The third kappa shape index (κ3) is 6.33. The lowest BCUT2D eigenvalue weighted by atomic mass is 9.83. The SMILES string of the molecule is COC(=O)Nc1ccc(C2C(C(=O)Nc3cccc(C(C)(C)C)c3)CCCN2C(=O)c2c(C)cccc2F)cc1. The summed E-state index contributed by atoms with van der Waals surface area (Å²) >= 11 is 0. The first-order valence-corrected chi connectivity index (χ1v) is 13.4. The fraction of sp³-hybridized carbons (Fsp3) is 0.344. The number of methoxy groups -OCH3 is 1. The molecule has 3 amide bonds. The number of nitrogens with zero attached hydrogens (tertiary/aromatic N) is 1. The number of ether oxygens (including phenoxy) is 1. The van der Waals surface area contributed by atoms with E-state index in [1.54, 1.807) is 48.2 Å². The summed E-state index contributed by atoms with van der Waals surface area (Å²) in [6, 6.07) is 18.6. The van der Waals surface area contributed by atoms with Gasteiger partial charge in [-0.25, -0.2) is 9.18 Å². The molecule has 0 saturated carbocycles. The van der Waals surface area contributed by atoms with E-state index < -0.39 is 29.8 Å². The van der Waals surface area contributed by atoms with Gasteiger partial charge in [0.25, 0.3) is 5.91 Å². The Labute approximate surface area is 234 Å². The number of halogens is 1. The largest absolute Gasteiger partial charge is 0.453 e. The first kappa shape index (κ1) is 28.8. The molecular weight excluding hydrogens is 509 g/mol. The highest BCUT2D eigenvalue weighted by atomic mass is 19.1. The normalized spacial score (nSPS) is 17.2. The minimum absolute atomic E-state index is 0.00964. The van der Waals surface area contributed by atoms with Crippen LogP contribution in [-0.2, 0) is 14.9 Å². The molecule has 4 rings (SSSR count). The van der Waals surface area contributed by atoms with E-state index in [9.17, 15) is 18.8 Å². The maximum Gasteiger partial charge on any atom is 0.411 e. The smallest absolute Gasteiger partial charge is 0.411 e. The van der Waals surface area contributed by atoms with Crippen molar-refractivity contribution in [3.63, 3.8) is 0 Å². The highest BCUT2D eigenvalue weighted by Crippen LogP contribution is 2.39. The molecule has 7 nitrogen and oxygen atoms in total. The average Bonchev–Trinajstić information content (AvgIpc) is 2.92. The quantitative estimate of drug-likeness (QED) is 0.367. The van der Waals surface area contributed by atoms with Gasteiger partial charge >= 0.3 is 6.09 Å². The third-order valence-corrected chi connectivity index (χ3v) is 7.34. The van der Waals surface area contributed by atoms with Gasteiger partial charge in [-0.3, -0.25) is 14.9 Å². The number of amides is 3. The Morgan fingerprint density at radius 3 is 2.30 bits per heavy atom. The molecule has 2 N–H and O–H groups in total. The van der Waals surface area contributed by atoms with Gasteiger partial charge in [-0.2, -0.15) is 0 Å². The van der Waals surface area contributed by atoms with Crippen LogP contribution >= 0.6 is 0 Å².